The number of pyridine rings is 1. The fraction of sp³-hybridized carbons (Fsp3) is 0.562. The number of aliphatic hydroxyl groups excluding tert-OH is 1. The molecule has 4 atom stereocenters. The molecule has 2 aliphatic rings. The molecule has 0 radical (unpaired) electrons. The molecule has 2 saturated carbocycles. The van der Waals surface area contributed by atoms with Gasteiger partial charge in [0.1, 0.15) is 5.69 Å². The van der Waals surface area contributed by atoms with E-state index in [9.17, 15) is 9.90 Å². The Balaban J connectivity index is 1.50. The summed E-state index contributed by atoms with van der Waals surface area (Å²) in [6, 6.07) is 3.89. The van der Waals surface area contributed by atoms with Gasteiger partial charge in [0.15, 0.2) is 5.65 Å². The average molecular weight is 300 g/mol. The Labute approximate surface area is 128 Å². The van der Waals surface area contributed by atoms with Crippen LogP contribution in [0.5, 0.6) is 0 Å². The molecule has 0 aliphatic heterocycles. The highest BCUT2D eigenvalue weighted by molar-refractivity contribution is 5.94. The molecule has 2 fully saturated rings. The smallest absolute Gasteiger partial charge is 0.272 e. The number of carbonyl (C=O) groups excluding carboxylic acids is 1. The van der Waals surface area contributed by atoms with Crippen LogP contribution in [0.15, 0.2) is 18.3 Å². The van der Waals surface area contributed by atoms with Crippen LogP contribution in [0, 0.1) is 11.8 Å². The fourth-order valence-electron chi connectivity index (χ4n) is 4.16. The van der Waals surface area contributed by atoms with Gasteiger partial charge >= 0.3 is 0 Å². The Kier molecular flexibility index (Phi) is 3.14. The van der Waals surface area contributed by atoms with E-state index in [1.54, 1.807) is 12.3 Å². The van der Waals surface area contributed by atoms with Crippen molar-refractivity contribution in [2.45, 2.75) is 37.8 Å². The van der Waals surface area contributed by atoms with E-state index in [1.165, 1.54) is 0 Å². The van der Waals surface area contributed by atoms with E-state index in [-0.39, 0.29) is 18.1 Å². The van der Waals surface area contributed by atoms with Gasteiger partial charge in [0.25, 0.3) is 5.91 Å². The minimum Gasteiger partial charge on any atom is -0.393 e. The molecule has 0 spiro atoms. The largest absolute Gasteiger partial charge is 0.393 e. The van der Waals surface area contributed by atoms with E-state index >= 15 is 0 Å². The Morgan fingerprint density at radius 3 is 2.73 bits per heavy atom. The SMILES string of the molecule is CN(C(=O)c1ccc2cn[nH]c2n1)C1C[C@H]2CC(O)C[C@H]2C1. The molecule has 2 unspecified atom stereocenters. The molecule has 2 heterocycles. The number of fused-ring (bicyclic) bond motifs is 2. The van der Waals surface area contributed by atoms with Crippen LogP contribution < -0.4 is 0 Å². The van der Waals surface area contributed by atoms with Crippen LogP contribution in [-0.4, -0.2) is 50.3 Å². The number of aromatic amines is 1. The van der Waals surface area contributed by atoms with Crippen molar-refractivity contribution in [3.05, 3.63) is 24.0 Å². The predicted molar refractivity (Wildman–Crippen MR) is 81.2 cm³/mol. The number of amides is 1. The van der Waals surface area contributed by atoms with Crippen molar-refractivity contribution in [1.29, 1.82) is 0 Å². The molecule has 1 amide bonds. The molecule has 6 nitrogen and oxygen atoms in total. The van der Waals surface area contributed by atoms with E-state index in [1.807, 2.05) is 18.0 Å². The Morgan fingerprint density at radius 2 is 2.00 bits per heavy atom. The number of aliphatic hydroxyl groups is 1. The lowest BCUT2D eigenvalue weighted by atomic mass is 10.0. The molecule has 22 heavy (non-hydrogen) atoms. The van der Waals surface area contributed by atoms with Gasteiger partial charge in [-0.3, -0.25) is 9.89 Å². The van der Waals surface area contributed by atoms with E-state index < -0.39 is 0 Å². The second-order valence-electron chi connectivity index (χ2n) is 6.69. The minimum atomic E-state index is -0.138. The summed E-state index contributed by atoms with van der Waals surface area (Å²) in [7, 11) is 1.86. The van der Waals surface area contributed by atoms with Crippen molar-refractivity contribution >= 4 is 16.9 Å². The highest BCUT2D eigenvalue weighted by Gasteiger charge is 2.43. The first-order valence-corrected chi connectivity index (χ1v) is 7.87. The maximum Gasteiger partial charge on any atom is 0.272 e. The molecule has 2 aliphatic carbocycles. The molecule has 6 heteroatoms. The number of nitrogens with one attached hydrogen (secondary N) is 1. The van der Waals surface area contributed by atoms with Gasteiger partial charge in [-0.05, 0) is 49.7 Å². The summed E-state index contributed by atoms with van der Waals surface area (Å²) < 4.78 is 0. The van der Waals surface area contributed by atoms with Gasteiger partial charge in [0.05, 0.1) is 12.3 Å². The van der Waals surface area contributed by atoms with Crippen molar-refractivity contribution in [1.82, 2.24) is 20.1 Å². The molecular formula is C16H20N4O2. The Hall–Kier alpha value is -1.95. The maximum absolute atomic E-state index is 12.7. The fourth-order valence-corrected chi connectivity index (χ4v) is 4.16. The molecule has 116 valence electrons. The highest BCUT2D eigenvalue weighted by Crippen LogP contribution is 2.45. The van der Waals surface area contributed by atoms with Crippen LogP contribution in [0.4, 0.5) is 0 Å². The number of nitrogens with zero attached hydrogens (tertiary/aromatic N) is 3. The minimum absolute atomic E-state index is 0.0398. The van der Waals surface area contributed by atoms with Gasteiger partial charge < -0.3 is 10.0 Å². The summed E-state index contributed by atoms with van der Waals surface area (Å²) in [5, 5.41) is 17.4. The van der Waals surface area contributed by atoms with Crippen LogP contribution >= 0.6 is 0 Å². The number of hydrogen-bond donors (Lipinski definition) is 2. The molecule has 4 rings (SSSR count). The van der Waals surface area contributed by atoms with E-state index in [0.29, 0.717) is 23.2 Å². The van der Waals surface area contributed by atoms with Crippen molar-refractivity contribution in [2.75, 3.05) is 7.05 Å². The van der Waals surface area contributed by atoms with Gasteiger partial charge in [-0.2, -0.15) is 5.10 Å². The third-order valence-electron chi connectivity index (χ3n) is 5.35. The van der Waals surface area contributed by atoms with Crippen molar-refractivity contribution in [2.24, 2.45) is 11.8 Å². The van der Waals surface area contributed by atoms with E-state index in [4.69, 9.17) is 0 Å². The summed E-state index contributed by atoms with van der Waals surface area (Å²) >= 11 is 0. The quantitative estimate of drug-likeness (QED) is 0.882. The van der Waals surface area contributed by atoms with Gasteiger partial charge in [0, 0.05) is 18.5 Å². The lowest BCUT2D eigenvalue weighted by Crippen LogP contribution is -2.36. The topological polar surface area (TPSA) is 82.1 Å². The summed E-state index contributed by atoms with van der Waals surface area (Å²) in [6.07, 6.45) is 5.33. The Morgan fingerprint density at radius 1 is 1.27 bits per heavy atom. The van der Waals surface area contributed by atoms with Gasteiger partial charge in [-0.1, -0.05) is 0 Å². The van der Waals surface area contributed by atoms with Crippen LogP contribution in [0.25, 0.3) is 11.0 Å². The van der Waals surface area contributed by atoms with Crippen LogP contribution in [0.2, 0.25) is 0 Å². The monoisotopic (exact) mass is 300 g/mol. The third kappa shape index (κ3) is 2.18. The molecule has 0 aromatic carbocycles. The van der Waals surface area contributed by atoms with Crippen molar-refractivity contribution in [3.63, 3.8) is 0 Å². The normalized spacial score (nSPS) is 30.6. The lowest BCUT2D eigenvalue weighted by molar-refractivity contribution is 0.0717. The highest BCUT2D eigenvalue weighted by atomic mass is 16.3. The molecule has 2 N–H and O–H groups in total. The van der Waals surface area contributed by atoms with Crippen LogP contribution in [0.1, 0.15) is 36.2 Å². The Bertz CT molecular complexity index is 699. The molecular weight excluding hydrogens is 280 g/mol. The first kappa shape index (κ1) is 13.7. The molecule has 0 bridgehead atoms. The second-order valence-corrected chi connectivity index (χ2v) is 6.69. The average Bonchev–Trinajstić information content (AvgIpc) is 3.18. The summed E-state index contributed by atoms with van der Waals surface area (Å²) in [5.41, 5.74) is 1.10. The maximum atomic E-state index is 12.7. The first-order chi connectivity index (χ1) is 10.6. The third-order valence-corrected chi connectivity index (χ3v) is 5.35. The van der Waals surface area contributed by atoms with Crippen molar-refractivity contribution in [3.8, 4) is 0 Å². The molecule has 0 saturated heterocycles. The first-order valence-electron chi connectivity index (χ1n) is 7.87. The number of H-pyrrole nitrogens is 1. The van der Waals surface area contributed by atoms with Gasteiger partial charge in [-0.15, -0.1) is 0 Å². The number of aromatic nitrogens is 3. The number of carbonyl (C=O) groups is 1. The van der Waals surface area contributed by atoms with E-state index in [2.05, 4.69) is 15.2 Å². The summed E-state index contributed by atoms with van der Waals surface area (Å²) in [5.74, 6) is 1.10. The predicted octanol–water partition coefficient (Wildman–Crippen LogP) is 1.58. The van der Waals surface area contributed by atoms with Gasteiger partial charge in [0.2, 0.25) is 0 Å². The van der Waals surface area contributed by atoms with E-state index in [0.717, 1.165) is 31.1 Å². The number of hydrogen-bond acceptors (Lipinski definition) is 4. The standard InChI is InChI=1S/C16H20N4O2/c1-20(12-4-10-6-13(21)7-11(10)5-12)16(22)14-3-2-9-8-17-19-15(9)18-14/h2-3,8,10-13,21H,4-7H2,1H3,(H,17,18,19)/t10-,11+,12?,13?. The van der Waals surface area contributed by atoms with Gasteiger partial charge in [-0.25, -0.2) is 4.98 Å². The second kappa shape index (κ2) is 5.05. The lowest BCUT2D eigenvalue weighted by Gasteiger charge is -2.25. The molecule has 2 aromatic rings. The molecule has 2 aromatic heterocycles. The zero-order chi connectivity index (χ0) is 15.3. The van der Waals surface area contributed by atoms with Crippen molar-refractivity contribution < 1.29 is 9.90 Å². The summed E-state index contributed by atoms with van der Waals surface area (Å²) in [6.45, 7) is 0. The zero-order valence-electron chi connectivity index (χ0n) is 12.6. The zero-order valence-corrected chi connectivity index (χ0v) is 12.6. The summed E-state index contributed by atoms with van der Waals surface area (Å²) in [4.78, 5) is 18.9. The number of rotatable bonds is 2. The van der Waals surface area contributed by atoms with Crippen LogP contribution in [-0.2, 0) is 0 Å². The van der Waals surface area contributed by atoms with Crippen LogP contribution in [0.3, 0.4) is 0 Å².